The van der Waals surface area contributed by atoms with Gasteiger partial charge in [0.05, 0.1) is 17.7 Å². The zero-order valence-corrected chi connectivity index (χ0v) is 12.5. The second-order valence-electron chi connectivity index (χ2n) is 4.11. The smallest absolute Gasteiger partial charge is 0.204 e. The molecule has 6 heteroatoms. The highest BCUT2D eigenvalue weighted by Gasteiger charge is 2.15. The van der Waals surface area contributed by atoms with Crippen LogP contribution in [0.5, 0.6) is 11.5 Å². The largest absolute Gasteiger partial charge is 0.496 e. The Balaban J connectivity index is 2.15. The van der Waals surface area contributed by atoms with Gasteiger partial charge in [0.25, 0.3) is 0 Å². The van der Waals surface area contributed by atoms with Crippen LogP contribution in [0.2, 0.25) is 10.0 Å². The maximum Gasteiger partial charge on any atom is 0.204 e. The zero-order valence-electron chi connectivity index (χ0n) is 11.0. The number of rotatable bonds is 5. The van der Waals surface area contributed by atoms with E-state index < -0.39 is 11.6 Å². The predicted molar refractivity (Wildman–Crippen MR) is 79.2 cm³/mol. The molecule has 2 aromatic carbocycles. The number of Topliss-reactive ketones (excluding diaryl/α,β-unsaturated/α-hetero) is 1. The molecule has 0 atom stereocenters. The third-order valence-electron chi connectivity index (χ3n) is 2.74. The van der Waals surface area contributed by atoms with Crippen LogP contribution in [0.1, 0.15) is 10.4 Å². The second-order valence-corrected chi connectivity index (χ2v) is 4.89. The fraction of sp³-hybridized carbons (Fsp3) is 0.133. The van der Waals surface area contributed by atoms with Crippen LogP contribution in [0.15, 0.2) is 36.4 Å². The van der Waals surface area contributed by atoms with Gasteiger partial charge in [0.1, 0.15) is 22.3 Å². The Bertz CT molecular complexity index is 674. The van der Waals surface area contributed by atoms with Crippen LogP contribution in [-0.4, -0.2) is 19.5 Å². The Morgan fingerprint density at radius 2 is 1.95 bits per heavy atom. The molecule has 0 aliphatic heterocycles. The number of ketones is 1. The lowest BCUT2D eigenvalue weighted by molar-refractivity contribution is 0.0918. The van der Waals surface area contributed by atoms with Crippen LogP contribution in [0.25, 0.3) is 0 Å². The number of ether oxygens (including phenoxy) is 2. The van der Waals surface area contributed by atoms with E-state index in [2.05, 4.69) is 0 Å². The molecule has 0 heterocycles. The SMILES string of the molecule is COc1ccc(F)cc1C(=O)COc1cccc(Cl)c1Cl. The van der Waals surface area contributed by atoms with E-state index in [4.69, 9.17) is 32.7 Å². The second kappa shape index (κ2) is 6.78. The van der Waals surface area contributed by atoms with Crippen molar-refractivity contribution >= 4 is 29.0 Å². The number of hydrogen-bond acceptors (Lipinski definition) is 3. The monoisotopic (exact) mass is 328 g/mol. The van der Waals surface area contributed by atoms with Crippen LogP contribution < -0.4 is 9.47 Å². The van der Waals surface area contributed by atoms with Gasteiger partial charge in [0.15, 0.2) is 6.61 Å². The van der Waals surface area contributed by atoms with Crippen molar-refractivity contribution < 1.29 is 18.7 Å². The standard InChI is InChI=1S/C15H11Cl2FO3/c1-20-13-6-5-9(18)7-10(13)12(19)8-21-14-4-2-3-11(16)15(14)17/h2-7H,8H2,1H3. The third kappa shape index (κ3) is 3.65. The van der Waals surface area contributed by atoms with E-state index in [1.165, 1.54) is 19.2 Å². The third-order valence-corrected chi connectivity index (χ3v) is 3.54. The Kier molecular flexibility index (Phi) is 5.04. The molecule has 2 rings (SSSR count). The quantitative estimate of drug-likeness (QED) is 0.763. The van der Waals surface area contributed by atoms with Gasteiger partial charge in [-0.15, -0.1) is 0 Å². The first-order valence-corrected chi connectivity index (χ1v) is 6.72. The van der Waals surface area contributed by atoms with Crippen molar-refractivity contribution in [3.63, 3.8) is 0 Å². The van der Waals surface area contributed by atoms with Gasteiger partial charge in [-0.1, -0.05) is 29.3 Å². The molecule has 3 nitrogen and oxygen atoms in total. The van der Waals surface area contributed by atoms with E-state index in [0.717, 1.165) is 6.07 Å². The molecular formula is C15H11Cl2FO3. The lowest BCUT2D eigenvalue weighted by Crippen LogP contribution is -2.13. The number of methoxy groups -OCH3 is 1. The van der Waals surface area contributed by atoms with Crippen molar-refractivity contribution in [3.05, 3.63) is 57.8 Å². The van der Waals surface area contributed by atoms with E-state index >= 15 is 0 Å². The van der Waals surface area contributed by atoms with Crippen molar-refractivity contribution in [3.8, 4) is 11.5 Å². The lowest BCUT2D eigenvalue weighted by atomic mass is 10.1. The van der Waals surface area contributed by atoms with Gasteiger partial charge in [-0.25, -0.2) is 4.39 Å². The highest BCUT2D eigenvalue weighted by Crippen LogP contribution is 2.31. The summed E-state index contributed by atoms with van der Waals surface area (Å²) in [4.78, 5) is 12.1. The first kappa shape index (κ1) is 15.6. The molecule has 0 aromatic heterocycles. The van der Waals surface area contributed by atoms with Crippen LogP contribution in [0.3, 0.4) is 0 Å². The summed E-state index contributed by atoms with van der Waals surface area (Å²) in [5, 5.41) is 0.545. The van der Waals surface area contributed by atoms with Crippen molar-refractivity contribution in [2.45, 2.75) is 0 Å². The van der Waals surface area contributed by atoms with E-state index in [1.54, 1.807) is 18.2 Å². The Hall–Kier alpha value is -1.78. The van der Waals surface area contributed by atoms with Gasteiger partial charge in [-0.2, -0.15) is 0 Å². The van der Waals surface area contributed by atoms with Crippen molar-refractivity contribution in [2.24, 2.45) is 0 Å². The molecule has 0 bridgehead atoms. The fourth-order valence-corrected chi connectivity index (χ4v) is 2.06. The maximum absolute atomic E-state index is 13.2. The molecule has 0 unspecified atom stereocenters. The van der Waals surface area contributed by atoms with E-state index in [9.17, 15) is 9.18 Å². The van der Waals surface area contributed by atoms with Crippen LogP contribution >= 0.6 is 23.2 Å². The number of hydrogen-bond donors (Lipinski definition) is 0. The molecule has 0 radical (unpaired) electrons. The molecule has 110 valence electrons. The van der Waals surface area contributed by atoms with Gasteiger partial charge in [-0.3, -0.25) is 4.79 Å². The van der Waals surface area contributed by atoms with Gasteiger partial charge < -0.3 is 9.47 Å². The highest BCUT2D eigenvalue weighted by molar-refractivity contribution is 6.42. The number of carbonyl (C=O) groups excluding carboxylic acids is 1. The Morgan fingerprint density at radius 3 is 2.67 bits per heavy atom. The molecule has 0 aliphatic carbocycles. The molecule has 0 saturated carbocycles. The zero-order chi connectivity index (χ0) is 15.4. The Morgan fingerprint density at radius 1 is 1.19 bits per heavy atom. The summed E-state index contributed by atoms with van der Waals surface area (Å²) < 4.78 is 23.6. The minimum absolute atomic E-state index is 0.107. The van der Waals surface area contributed by atoms with Crippen molar-refractivity contribution in [1.29, 1.82) is 0 Å². The normalized spacial score (nSPS) is 10.3. The summed E-state index contributed by atoms with van der Waals surface area (Å²) in [7, 11) is 1.40. The van der Waals surface area contributed by atoms with E-state index in [1.807, 2.05) is 0 Å². The molecule has 0 N–H and O–H groups in total. The van der Waals surface area contributed by atoms with E-state index in [0.29, 0.717) is 5.02 Å². The van der Waals surface area contributed by atoms with E-state index in [-0.39, 0.29) is 28.7 Å². The molecule has 0 fully saturated rings. The summed E-state index contributed by atoms with van der Waals surface area (Å²) >= 11 is 11.8. The summed E-state index contributed by atoms with van der Waals surface area (Å²) in [5.74, 6) is -0.391. The topological polar surface area (TPSA) is 35.5 Å². The molecule has 0 saturated heterocycles. The predicted octanol–water partition coefficient (Wildman–Crippen LogP) is 4.40. The van der Waals surface area contributed by atoms with Gasteiger partial charge in [0, 0.05) is 0 Å². The van der Waals surface area contributed by atoms with Crippen LogP contribution in [0.4, 0.5) is 4.39 Å². The first-order valence-electron chi connectivity index (χ1n) is 5.96. The average Bonchev–Trinajstić information content (AvgIpc) is 2.48. The summed E-state index contributed by atoms with van der Waals surface area (Å²) in [6, 6.07) is 8.54. The minimum atomic E-state index is -0.528. The van der Waals surface area contributed by atoms with Gasteiger partial charge >= 0.3 is 0 Å². The molecule has 0 amide bonds. The summed E-state index contributed by atoms with van der Waals surface area (Å²) in [6.07, 6.45) is 0. The molecular weight excluding hydrogens is 318 g/mol. The lowest BCUT2D eigenvalue weighted by Gasteiger charge is -2.10. The highest BCUT2D eigenvalue weighted by atomic mass is 35.5. The number of halogens is 3. The number of carbonyl (C=O) groups is 1. The molecule has 21 heavy (non-hydrogen) atoms. The maximum atomic E-state index is 13.2. The molecule has 2 aromatic rings. The average molecular weight is 329 g/mol. The van der Waals surface area contributed by atoms with Crippen LogP contribution in [-0.2, 0) is 0 Å². The Labute approximate surface area is 131 Å². The first-order chi connectivity index (χ1) is 10.0. The summed E-state index contributed by atoms with van der Waals surface area (Å²) in [5.41, 5.74) is 0.107. The molecule has 0 aliphatic rings. The van der Waals surface area contributed by atoms with Crippen LogP contribution in [0, 0.1) is 5.82 Å². The van der Waals surface area contributed by atoms with Crippen molar-refractivity contribution in [1.82, 2.24) is 0 Å². The molecule has 0 spiro atoms. The van der Waals surface area contributed by atoms with Gasteiger partial charge in [-0.05, 0) is 30.3 Å². The van der Waals surface area contributed by atoms with Crippen molar-refractivity contribution in [2.75, 3.05) is 13.7 Å². The number of benzene rings is 2. The fourth-order valence-electron chi connectivity index (χ4n) is 1.71. The summed E-state index contributed by atoms with van der Waals surface area (Å²) in [6.45, 7) is -0.306. The van der Waals surface area contributed by atoms with Gasteiger partial charge in [0.2, 0.25) is 5.78 Å². The minimum Gasteiger partial charge on any atom is -0.496 e.